The number of nitrogens with two attached hydrogens (primary N) is 1. The highest BCUT2D eigenvalue weighted by Crippen LogP contribution is 2.43. The van der Waals surface area contributed by atoms with Crippen LogP contribution in [0, 0.1) is 21.4 Å². The summed E-state index contributed by atoms with van der Waals surface area (Å²) < 4.78 is 10.8. The molecule has 20 heavy (non-hydrogen) atoms. The van der Waals surface area contributed by atoms with Crippen molar-refractivity contribution in [1.82, 2.24) is 0 Å². The van der Waals surface area contributed by atoms with E-state index in [0.717, 1.165) is 0 Å². The maximum Gasteiger partial charge on any atom is 0.215 e. The van der Waals surface area contributed by atoms with Crippen LogP contribution in [0.3, 0.4) is 0 Å². The molecule has 1 aromatic rings. The van der Waals surface area contributed by atoms with Crippen LogP contribution in [0.5, 0.6) is 11.5 Å². The smallest absolute Gasteiger partial charge is 0.215 e. The van der Waals surface area contributed by atoms with E-state index in [2.05, 4.69) is 0 Å². The fourth-order valence-corrected chi connectivity index (χ4v) is 2.15. The number of rotatable bonds is 4. The number of hydrogen-bond donors (Lipinski definition) is 1. The van der Waals surface area contributed by atoms with Gasteiger partial charge in [-0.2, -0.15) is 5.26 Å². The SMILES string of the molecule is CCOc1cccc2c1OC(N)=C(C#N)[C@@H]2C[N+](=O)[O-]. The molecule has 0 saturated heterocycles. The van der Waals surface area contributed by atoms with E-state index in [1.54, 1.807) is 18.2 Å². The van der Waals surface area contributed by atoms with Crippen molar-refractivity contribution in [2.24, 2.45) is 5.73 Å². The summed E-state index contributed by atoms with van der Waals surface area (Å²) in [6, 6.07) is 6.96. The molecule has 7 heteroatoms. The van der Waals surface area contributed by atoms with Crippen LogP contribution in [-0.2, 0) is 0 Å². The Kier molecular flexibility index (Phi) is 3.75. The number of nitro groups is 1. The summed E-state index contributed by atoms with van der Waals surface area (Å²) in [5, 5.41) is 19.9. The van der Waals surface area contributed by atoms with Gasteiger partial charge in [0.05, 0.1) is 12.5 Å². The molecular weight excluding hydrogens is 262 g/mol. The molecule has 7 nitrogen and oxygen atoms in total. The molecule has 1 atom stereocenters. The first kappa shape index (κ1) is 13.7. The first-order valence-corrected chi connectivity index (χ1v) is 6.03. The van der Waals surface area contributed by atoms with Crippen LogP contribution in [0.4, 0.5) is 0 Å². The van der Waals surface area contributed by atoms with Crippen LogP contribution < -0.4 is 15.2 Å². The largest absolute Gasteiger partial charge is 0.490 e. The van der Waals surface area contributed by atoms with Gasteiger partial charge < -0.3 is 15.2 Å². The van der Waals surface area contributed by atoms with Gasteiger partial charge in [-0.1, -0.05) is 12.1 Å². The highest BCUT2D eigenvalue weighted by Gasteiger charge is 2.34. The molecule has 0 amide bonds. The number of nitrogens with zero attached hydrogens (tertiary/aromatic N) is 2. The van der Waals surface area contributed by atoms with Gasteiger partial charge in [0.2, 0.25) is 12.4 Å². The fraction of sp³-hybridized carbons (Fsp3) is 0.308. The minimum Gasteiger partial charge on any atom is -0.490 e. The van der Waals surface area contributed by atoms with Crippen molar-refractivity contribution < 1.29 is 14.4 Å². The van der Waals surface area contributed by atoms with Crippen molar-refractivity contribution >= 4 is 0 Å². The molecule has 0 unspecified atom stereocenters. The number of fused-ring (bicyclic) bond motifs is 1. The lowest BCUT2D eigenvalue weighted by molar-refractivity contribution is -0.482. The zero-order valence-electron chi connectivity index (χ0n) is 10.8. The van der Waals surface area contributed by atoms with Gasteiger partial charge in [-0.05, 0) is 13.0 Å². The fourth-order valence-electron chi connectivity index (χ4n) is 2.15. The topological polar surface area (TPSA) is 111 Å². The van der Waals surface area contributed by atoms with Crippen molar-refractivity contribution in [3.05, 3.63) is 45.3 Å². The summed E-state index contributed by atoms with van der Waals surface area (Å²) in [7, 11) is 0. The van der Waals surface area contributed by atoms with E-state index in [-0.39, 0.29) is 11.5 Å². The molecule has 1 heterocycles. The Labute approximate surface area is 115 Å². The lowest BCUT2D eigenvalue weighted by atomic mass is 9.89. The van der Waals surface area contributed by atoms with Crippen LogP contribution in [0.2, 0.25) is 0 Å². The van der Waals surface area contributed by atoms with Crippen LogP contribution >= 0.6 is 0 Å². The number of hydrogen-bond acceptors (Lipinski definition) is 6. The molecular formula is C13H13N3O4. The third-order valence-electron chi connectivity index (χ3n) is 2.96. The number of para-hydroxylation sites is 1. The molecule has 0 radical (unpaired) electrons. The minimum atomic E-state index is -0.723. The summed E-state index contributed by atoms with van der Waals surface area (Å²) in [4.78, 5) is 10.3. The highest BCUT2D eigenvalue weighted by atomic mass is 16.6. The van der Waals surface area contributed by atoms with Crippen LogP contribution in [0.25, 0.3) is 0 Å². The molecule has 0 fully saturated rings. The van der Waals surface area contributed by atoms with Crippen molar-refractivity contribution in [3.63, 3.8) is 0 Å². The lowest BCUT2D eigenvalue weighted by Gasteiger charge is -2.25. The van der Waals surface area contributed by atoms with E-state index in [4.69, 9.17) is 20.5 Å². The summed E-state index contributed by atoms with van der Waals surface area (Å²) in [5.41, 5.74) is 6.30. The lowest BCUT2D eigenvalue weighted by Crippen LogP contribution is -2.25. The van der Waals surface area contributed by atoms with E-state index in [9.17, 15) is 10.1 Å². The third kappa shape index (κ3) is 2.36. The van der Waals surface area contributed by atoms with Crippen LogP contribution in [-0.4, -0.2) is 18.1 Å². The quantitative estimate of drug-likeness (QED) is 0.658. The molecule has 0 spiro atoms. The second-order valence-corrected chi connectivity index (χ2v) is 4.17. The predicted molar refractivity (Wildman–Crippen MR) is 69.7 cm³/mol. The average molecular weight is 275 g/mol. The van der Waals surface area contributed by atoms with Crippen molar-refractivity contribution in [1.29, 1.82) is 5.26 Å². The molecule has 1 aromatic carbocycles. The van der Waals surface area contributed by atoms with E-state index in [0.29, 0.717) is 23.7 Å². The van der Waals surface area contributed by atoms with Crippen molar-refractivity contribution in [2.45, 2.75) is 12.8 Å². The highest BCUT2D eigenvalue weighted by molar-refractivity contribution is 5.56. The van der Waals surface area contributed by atoms with E-state index in [1.807, 2.05) is 13.0 Å². The molecule has 0 bridgehead atoms. The Balaban J connectivity index is 2.54. The molecule has 0 aromatic heterocycles. The van der Waals surface area contributed by atoms with Gasteiger partial charge in [0.15, 0.2) is 11.5 Å². The van der Waals surface area contributed by atoms with Gasteiger partial charge in [0.1, 0.15) is 11.6 Å². The number of benzene rings is 1. The molecule has 1 aliphatic rings. The predicted octanol–water partition coefficient (Wildman–Crippen LogP) is 1.53. The monoisotopic (exact) mass is 275 g/mol. The summed E-state index contributed by atoms with van der Waals surface area (Å²) in [5.74, 6) is -0.0332. The molecule has 104 valence electrons. The average Bonchev–Trinajstić information content (AvgIpc) is 2.39. The van der Waals surface area contributed by atoms with Gasteiger partial charge in [0.25, 0.3) is 0 Å². The summed E-state index contributed by atoms with van der Waals surface area (Å²) in [6.45, 7) is 1.82. The molecule has 2 rings (SSSR count). The van der Waals surface area contributed by atoms with Gasteiger partial charge in [-0.15, -0.1) is 0 Å². The Morgan fingerprint density at radius 1 is 1.60 bits per heavy atom. The molecule has 0 saturated carbocycles. The normalized spacial score (nSPS) is 16.9. The van der Waals surface area contributed by atoms with E-state index >= 15 is 0 Å². The number of nitriles is 1. The van der Waals surface area contributed by atoms with Gasteiger partial charge in [-0.25, -0.2) is 0 Å². The Morgan fingerprint density at radius 2 is 2.35 bits per heavy atom. The Bertz CT molecular complexity index is 619. The van der Waals surface area contributed by atoms with Crippen molar-refractivity contribution in [3.8, 4) is 17.6 Å². The van der Waals surface area contributed by atoms with Crippen LogP contribution in [0.1, 0.15) is 18.4 Å². The maximum absolute atomic E-state index is 10.8. The van der Waals surface area contributed by atoms with Gasteiger partial charge >= 0.3 is 0 Å². The zero-order chi connectivity index (χ0) is 14.7. The molecule has 2 N–H and O–H groups in total. The summed E-state index contributed by atoms with van der Waals surface area (Å²) in [6.07, 6.45) is 0. The Hall–Kier alpha value is -2.75. The van der Waals surface area contributed by atoms with E-state index in [1.165, 1.54) is 0 Å². The minimum absolute atomic E-state index is 0.0721. The van der Waals surface area contributed by atoms with Gasteiger partial charge in [-0.3, -0.25) is 10.1 Å². The van der Waals surface area contributed by atoms with Crippen molar-refractivity contribution in [2.75, 3.05) is 13.2 Å². The Morgan fingerprint density at radius 3 is 2.95 bits per heavy atom. The first-order chi connectivity index (χ1) is 9.58. The molecule has 0 aliphatic carbocycles. The maximum atomic E-state index is 10.8. The van der Waals surface area contributed by atoms with Gasteiger partial charge in [0, 0.05) is 10.5 Å². The second kappa shape index (κ2) is 5.48. The first-order valence-electron chi connectivity index (χ1n) is 6.03. The standard InChI is InChI=1S/C13H13N3O4/c1-2-19-11-5-3-4-8-10(7-16(17)18)9(6-14)13(15)20-12(8)11/h3-5,10H,2,7,15H2,1H3/t10-/m1/s1. The second-order valence-electron chi connectivity index (χ2n) is 4.17. The van der Waals surface area contributed by atoms with Crippen LogP contribution in [0.15, 0.2) is 29.7 Å². The third-order valence-corrected chi connectivity index (χ3v) is 2.96. The molecule has 1 aliphatic heterocycles. The zero-order valence-corrected chi connectivity index (χ0v) is 10.8. The van der Waals surface area contributed by atoms with E-state index < -0.39 is 17.4 Å². The number of ether oxygens (including phenoxy) is 2. The summed E-state index contributed by atoms with van der Waals surface area (Å²) >= 11 is 0.